The molecule has 122 valence electrons. The summed E-state index contributed by atoms with van der Waals surface area (Å²) in [5.74, 6) is 0.315. The molecule has 0 aliphatic carbocycles. The molecule has 1 amide bonds. The van der Waals surface area contributed by atoms with Gasteiger partial charge in [-0.1, -0.05) is 24.3 Å². The highest BCUT2D eigenvalue weighted by Gasteiger charge is 2.08. The molecule has 0 spiro atoms. The van der Waals surface area contributed by atoms with Crippen LogP contribution >= 0.6 is 0 Å². The zero-order valence-corrected chi connectivity index (χ0v) is 13.3. The molecule has 0 saturated heterocycles. The molecule has 0 unspecified atom stereocenters. The Hall–Kier alpha value is -3.15. The Kier molecular flexibility index (Phi) is 4.86. The lowest BCUT2D eigenvalue weighted by Crippen LogP contribution is -2.23. The normalized spacial score (nSPS) is 10.4. The quantitative estimate of drug-likeness (QED) is 0.756. The average Bonchev–Trinajstić information content (AvgIpc) is 3.14. The molecule has 0 atom stereocenters. The van der Waals surface area contributed by atoms with Gasteiger partial charge in [0.1, 0.15) is 0 Å². The van der Waals surface area contributed by atoms with Crippen LogP contribution in [0.1, 0.15) is 21.5 Å². The van der Waals surface area contributed by atoms with E-state index in [-0.39, 0.29) is 5.91 Å². The van der Waals surface area contributed by atoms with E-state index in [1.165, 1.54) is 6.20 Å². The van der Waals surface area contributed by atoms with Crippen LogP contribution < -0.4 is 10.1 Å². The molecule has 0 aliphatic rings. The summed E-state index contributed by atoms with van der Waals surface area (Å²) in [6, 6.07) is 13.2. The number of hydrogen-bond donors (Lipinski definition) is 1. The Labute approximate surface area is 140 Å². The number of pyridine rings is 1. The van der Waals surface area contributed by atoms with Gasteiger partial charge in [0.2, 0.25) is 5.88 Å². The van der Waals surface area contributed by atoms with Crippen LogP contribution in [-0.2, 0) is 13.1 Å². The second kappa shape index (κ2) is 7.41. The Bertz CT molecular complexity index is 798. The highest BCUT2D eigenvalue weighted by atomic mass is 16.5. The maximum atomic E-state index is 12.2. The van der Waals surface area contributed by atoms with Crippen LogP contribution in [0.2, 0.25) is 0 Å². The molecule has 1 N–H and O–H groups in total. The molecule has 0 saturated carbocycles. The average molecular weight is 322 g/mol. The zero-order valence-electron chi connectivity index (χ0n) is 13.3. The lowest BCUT2D eigenvalue weighted by molar-refractivity contribution is 0.0950. The van der Waals surface area contributed by atoms with Gasteiger partial charge >= 0.3 is 0 Å². The Balaban J connectivity index is 1.66. The zero-order chi connectivity index (χ0) is 16.8. The predicted molar refractivity (Wildman–Crippen MR) is 89.7 cm³/mol. The van der Waals surface area contributed by atoms with Crippen LogP contribution in [0.25, 0.3) is 0 Å². The number of hydrogen-bond acceptors (Lipinski definition) is 4. The van der Waals surface area contributed by atoms with Crippen molar-refractivity contribution < 1.29 is 9.53 Å². The number of methoxy groups -OCH3 is 1. The van der Waals surface area contributed by atoms with Gasteiger partial charge < -0.3 is 10.1 Å². The number of benzene rings is 1. The van der Waals surface area contributed by atoms with Gasteiger partial charge in [-0.3, -0.25) is 9.48 Å². The van der Waals surface area contributed by atoms with Crippen molar-refractivity contribution in [2.24, 2.45) is 0 Å². The van der Waals surface area contributed by atoms with Crippen LogP contribution in [0.3, 0.4) is 0 Å². The predicted octanol–water partition coefficient (Wildman–Crippen LogP) is 2.27. The van der Waals surface area contributed by atoms with Gasteiger partial charge in [0.05, 0.1) is 19.2 Å². The number of carbonyl (C=O) groups is 1. The maximum Gasteiger partial charge on any atom is 0.253 e. The Morgan fingerprint density at radius 2 is 2.00 bits per heavy atom. The first-order valence-electron chi connectivity index (χ1n) is 7.58. The number of aromatic nitrogens is 3. The molecule has 0 bridgehead atoms. The molecule has 0 fully saturated rings. The van der Waals surface area contributed by atoms with Gasteiger partial charge in [-0.05, 0) is 23.3 Å². The number of carbonyl (C=O) groups excluding carboxylic acids is 1. The van der Waals surface area contributed by atoms with Crippen LogP contribution in [0.5, 0.6) is 5.88 Å². The van der Waals surface area contributed by atoms with Gasteiger partial charge in [0.25, 0.3) is 5.91 Å². The standard InChI is InChI=1S/C18H18N4O2/c1-24-17-8-7-15(12-19-17)18(23)20-11-14-5-2-3-6-16(14)13-22-10-4-9-21-22/h2-10,12H,11,13H2,1H3,(H,20,23). The third-order valence-corrected chi connectivity index (χ3v) is 3.66. The summed E-state index contributed by atoms with van der Waals surface area (Å²) in [6.07, 6.45) is 5.17. The summed E-state index contributed by atoms with van der Waals surface area (Å²) in [5.41, 5.74) is 2.68. The first-order chi connectivity index (χ1) is 11.8. The number of ether oxygens (including phenoxy) is 1. The van der Waals surface area contributed by atoms with E-state index < -0.39 is 0 Å². The third-order valence-electron chi connectivity index (χ3n) is 3.66. The summed E-state index contributed by atoms with van der Waals surface area (Å²) in [4.78, 5) is 16.3. The number of nitrogens with zero attached hydrogens (tertiary/aromatic N) is 3. The highest BCUT2D eigenvalue weighted by Crippen LogP contribution is 2.11. The SMILES string of the molecule is COc1ccc(C(=O)NCc2ccccc2Cn2cccn2)cn1. The van der Waals surface area contributed by atoms with E-state index in [0.29, 0.717) is 24.5 Å². The molecule has 0 aliphatic heterocycles. The fraction of sp³-hybridized carbons (Fsp3) is 0.167. The number of amides is 1. The summed E-state index contributed by atoms with van der Waals surface area (Å²) in [7, 11) is 1.54. The topological polar surface area (TPSA) is 69.0 Å². The van der Waals surface area contributed by atoms with Crippen molar-refractivity contribution >= 4 is 5.91 Å². The molecule has 6 heteroatoms. The second-order valence-corrected chi connectivity index (χ2v) is 5.24. The Morgan fingerprint density at radius 1 is 1.17 bits per heavy atom. The molecule has 1 aromatic carbocycles. The van der Waals surface area contributed by atoms with E-state index >= 15 is 0 Å². The van der Waals surface area contributed by atoms with E-state index in [1.54, 1.807) is 25.4 Å². The summed E-state index contributed by atoms with van der Waals surface area (Å²) in [5, 5.41) is 7.14. The molecule has 3 rings (SSSR count). The van der Waals surface area contributed by atoms with Crippen molar-refractivity contribution in [2.75, 3.05) is 7.11 Å². The largest absolute Gasteiger partial charge is 0.481 e. The maximum absolute atomic E-state index is 12.2. The minimum atomic E-state index is -0.168. The van der Waals surface area contributed by atoms with Crippen LogP contribution in [0, 0.1) is 0 Å². The van der Waals surface area contributed by atoms with Crippen LogP contribution in [-0.4, -0.2) is 27.8 Å². The van der Waals surface area contributed by atoms with Gasteiger partial charge in [-0.25, -0.2) is 4.98 Å². The fourth-order valence-electron chi connectivity index (χ4n) is 2.37. The van der Waals surface area contributed by atoms with Crippen molar-refractivity contribution in [3.8, 4) is 5.88 Å². The van der Waals surface area contributed by atoms with Gasteiger partial charge in [0.15, 0.2) is 0 Å². The molecule has 3 aromatic rings. The molecular weight excluding hydrogens is 304 g/mol. The van der Waals surface area contributed by atoms with Crippen molar-refractivity contribution in [2.45, 2.75) is 13.1 Å². The molecule has 6 nitrogen and oxygen atoms in total. The first kappa shape index (κ1) is 15.7. The van der Waals surface area contributed by atoms with E-state index in [0.717, 1.165) is 11.1 Å². The summed E-state index contributed by atoms with van der Waals surface area (Å²) < 4.78 is 6.85. The molecule has 2 heterocycles. The summed E-state index contributed by atoms with van der Waals surface area (Å²) in [6.45, 7) is 1.12. The molecule has 0 radical (unpaired) electrons. The fourth-order valence-corrected chi connectivity index (χ4v) is 2.37. The Morgan fingerprint density at radius 3 is 2.67 bits per heavy atom. The van der Waals surface area contributed by atoms with Crippen molar-refractivity contribution in [1.82, 2.24) is 20.1 Å². The molecule has 24 heavy (non-hydrogen) atoms. The van der Waals surface area contributed by atoms with Crippen molar-refractivity contribution in [1.29, 1.82) is 0 Å². The lowest BCUT2D eigenvalue weighted by Gasteiger charge is -2.11. The van der Waals surface area contributed by atoms with Gasteiger partial charge in [-0.2, -0.15) is 5.10 Å². The monoisotopic (exact) mass is 322 g/mol. The van der Waals surface area contributed by atoms with Gasteiger partial charge in [0, 0.05) is 31.2 Å². The summed E-state index contributed by atoms with van der Waals surface area (Å²) >= 11 is 0. The molecular formula is C18H18N4O2. The van der Waals surface area contributed by atoms with E-state index in [2.05, 4.69) is 15.4 Å². The smallest absolute Gasteiger partial charge is 0.253 e. The number of nitrogens with one attached hydrogen (secondary N) is 1. The first-order valence-corrected chi connectivity index (χ1v) is 7.58. The van der Waals surface area contributed by atoms with E-state index in [1.807, 2.05) is 41.2 Å². The minimum absolute atomic E-state index is 0.168. The van der Waals surface area contributed by atoms with Crippen molar-refractivity contribution in [3.05, 3.63) is 77.7 Å². The van der Waals surface area contributed by atoms with Crippen LogP contribution in [0.4, 0.5) is 0 Å². The highest BCUT2D eigenvalue weighted by molar-refractivity contribution is 5.93. The van der Waals surface area contributed by atoms with Gasteiger partial charge in [-0.15, -0.1) is 0 Å². The van der Waals surface area contributed by atoms with E-state index in [4.69, 9.17) is 4.74 Å². The van der Waals surface area contributed by atoms with Crippen LogP contribution in [0.15, 0.2) is 61.1 Å². The molecule has 2 aromatic heterocycles. The van der Waals surface area contributed by atoms with E-state index in [9.17, 15) is 4.79 Å². The third kappa shape index (κ3) is 3.78. The second-order valence-electron chi connectivity index (χ2n) is 5.24. The van der Waals surface area contributed by atoms with Crippen molar-refractivity contribution in [3.63, 3.8) is 0 Å². The lowest BCUT2D eigenvalue weighted by atomic mass is 10.1. The number of rotatable bonds is 6. The minimum Gasteiger partial charge on any atom is -0.481 e.